The monoisotopic (exact) mass is 364 g/mol. The van der Waals surface area contributed by atoms with Crippen LogP contribution in [0.3, 0.4) is 0 Å². The van der Waals surface area contributed by atoms with Crippen molar-refractivity contribution in [1.82, 2.24) is 20.1 Å². The van der Waals surface area contributed by atoms with E-state index in [1.165, 1.54) is 29.5 Å². The standard InChI is InChI=1S/C17H24N4OS2/c1-11(2)10-18-16(22)12(3)24-17-20-19-15(21(17)13-6-7-13)9-14-5-4-8-23-14/h4-5,8,11-13H,6-7,9-10H2,1-3H3,(H,18,22). The van der Waals surface area contributed by atoms with E-state index in [1.807, 2.05) is 6.92 Å². The maximum absolute atomic E-state index is 12.2. The van der Waals surface area contributed by atoms with Crippen LogP contribution in [0.2, 0.25) is 0 Å². The number of hydrogen-bond acceptors (Lipinski definition) is 5. The lowest BCUT2D eigenvalue weighted by molar-refractivity contribution is -0.120. The van der Waals surface area contributed by atoms with E-state index in [9.17, 15) is 4.79 Å². The molecule has 3 rings (SSSR count). The summed E-state index contributed by atoms with van der Waals surface area (Å²) in [7, 11) is 0. The molecule has 1 atom stereocenters. The molecule has 1 saturated carbocycles. The summed E-state index contributed by atoms with van der Waals surface area (Å²) in [5.74, 6) is 1.54. The Morgan fingerprint density at radius 2 is 2.21 bits per heavy atom. The summed E-state index contributed by atoms with van der Waals surface area (Å²) in [5, 5.41) is 14.6. The van der Waals surface area contributed by atoms with Crippen LogP contribution in [0, 0.1) is 5.92 Å². The van der Waals surface area contributed by atoms with Gasteiger partial charge in [0, 0.05) is 23.9 Å². The molecule has 2 aromatic heterocycles. The minimum Gasteiger partial charge on any atom is -0.355 e. The van der Waals surface area contributed by atoms with Crippen LogP contribution >= 0.6 is 23.1 Å². The summed E-state index contributed by atoms with van der Waals surface area (Å²) in [6.07, 6.45) is 3.17. The topological polar surface area (TPSA) is 59.8 Å². The average molecular weight is 365 g/mol. The minimum atomic E-state index is -0.167. The van der Waals surface area contributed by atoms with E-state index in [0.29, 0.717) is 18.5 Å². The van der Waals surface area contributed by atoms with Crippen LogP contribution in [0.5, 0.6) is 0 Å². The molecule has 1 aliphatic carbocycles. The molecule has 1 N–H and O–H groups in total. The lowest BCUT2D eigenvalue weighted by atomic mass is 10.2. The Hall–Kier alpha value is -1.34. The molecular formula is C17H24N4OS2. The van der Waals surface area contributed by atoms with Gasteiger partial charge in [-0.05, 0) is 37.1 Å². The fraction of sp³-hybridized carbons (Fsp3) is 0.588. The first-order chi connectivity index (χ1) is 11.5. The highest BCUT2D eigenvalue weighted by atomic mass is 32.2. The zero-order chi connectivity index (χ0) is 17.1. The molecule has 1 unspecified atom stereocenters. The number of rotatable bonds is 8. The molecule has 0 spiro atoms. The molecular weight excluding hydrogens is 340 g/mol. The van der Waals surface area contributed by atoms with E-state index in [2.05, 4.69) is 51.4 Å². The second-order valence-corrected chi connectivity index (χ2v) is 9.00. The Bertz CT molecular complexity index is 677. The fourth-order valence-corrected chi connectivity index (χ4v) is 4.10. The van der Waals surface area contributed by atoms with Gasteiger partial charge in [-0.1, -0.05) is 31.7 Å². The van der Waals surface area contributed by atoms with Crippen molar-refractivity contribution >= 4 is 29.0 Å². The summed E-state index contributed by atoms with van der Waals surface area (Å²) in [5.41, 5.74) is 0. The number of amides is 1. The molecule has 0 aliphatic heterocycles. The van der Waals surface area contributed by atoms with Crippen molar-refractivity contribution in [2.75, 3.05) is 6.54 Å². The largest absolute Gasteiger partial charge is 0.355 e. The van der Waals surface area contributed by atoms with Crippen LogP contribution in [0.15, 0.2) is 22.7 Å². The predicted octanol–water partition coefficient (Wildman–Crippen LogP) is 3.52. The van der Waals surface area contributed by atoms with Gasteiger partial charge < -0.3 is 9.88 Å². The molecule has 1 aliphatic rings. The highest BCUT2D eigenvalue weighted by Crippen LogP contribution is 2.40. The lowest BCUT2D eigenvalue weighted by Crippen LogP contribution is -2.33. The first-order valence-electron chi connectivity index (χ1n) is 8.45. The first-order valence-corrected chi connectivity index (χ1v) is 10.2. The van der Waals surface area contributed by atoms with Crippen LogP contribution in [-0.2, 0) is 11.2 Å². The van der Waals surface area contributed by atoms with Crippen molar-refractivity contribution < 1.29 is 4.79 Å². The number of aromatic nitrogens is 3. The summed E-state index contributed by atoms with van der Waals surface area (Å²) in [6, 6.07) is 4.70. The van der Waals surface area contributed by atoms with Gasteiger partial charge in [-0.3, -0.25) is 4.79 Å². The Morgan fingerprint density at radius 3 is 2.83 bits per heavy atom. The smallest absolute Gasteiger partial charge is 0.233 e. The molecule has 0 aromatic carbocycles. The zero-order valence-corrected chi connectivity index (χ0v) is 16.0. The molecule has 0 radical (unpaired) electrons. The van der Waals surface area contributed by atoms with Gasteiger partial charge in [-0.15, -0.1) is 21.5 Å². The second-order valence-electron chi connectivity index (χ2n) is 6.66. The third-order valence-corrected chi connectivity index (χ3v) is 5.83. The number of thioether (sulfide) groups is 1. The second kappa shape index (κ2) is 7.70. The summed E-state index contributed by atoms with van der Waals surface area (Å²) in [4.78, 5) is 13.5. The molecule has 5 nitrogen and oxygen atoms in total. The van der Waals surface area contributed by atoms with E-state index in [-0.39, 0.29) is 11.2 Å². The van der Waals surface area contributed by atoms with E-state index in [0.717, 1.165) is 17.4 Å². The van der Waals surface area contributed by atoms with Gasteiger partial charge in [-0.2, -0.15) is 0 Å². The lowest BCUT2D eigenvalue weighted by Gasteiger charge is -2.14. The molecule has 0 saturated heterocycles. The van der Waals surface area contributed by atoms with E-state index in [4.69, 9.17) is 0 Å². The van der Waals surface area contributed by atoms with Gasteiger partial charge >= 0.3 is 0 Å². The quantitative estimate of drug-likeness (QED) is 0.728. The number of nitrogens with zero attached hydrogens (tertiary/aromatic N) is 3. The van der Waals surface area contributed by atoms with Gasteiger partial charge in [0.15, 0.2) is 5.16 Å². The molecule has 7 heteroatoms. The molecule has 1 amide bonds. The average Bonchev–Trinajstić information content (AvgIpc) is 3.10. The van der Waals surface area contributed by atoms with Gasteiger partial charge in [0.05, 0.1) is 5.25 Å². The van der Waals surface area contributed by atoms with Crippen LogP contribution in [0.1, 0.15) is 50.4 Å². The summed E-state index contributed by atoms with van der Waals surface area (Å²) in [6.45, 7) is 6.84. The predicted molar refractivity (Wildman–Crippen MR) is 98.6 cm³/mol. The van der Waals surface area contributed by atoms with Gasteiger partial charge in [0.1, 0.15) is 5.82 Å². The van der Waals surface area contributed by atoms with Crippen molar-refractivity contribution in [3.8, 4) is 0 Å². The number of hydrogen-bond donors (Lipinski definition) is 1. The number of carbonyl (C=O) groups excluding carboxylic acids is 1. The van der Waals surface area contributed by atoms with Crippen LogP contribution < -0.4 is 5.32 Å². The molecule has 130 valence electrons. The van der Waals surface area contributed by atoms with Crippen molar-refractivity contribution in [2.45, 2.75) is 56.5 Å². The molecule has 24 heavy (non-hydrogen) atoms. The number of nitrogens with one attached hydrogen (secondary N) is 1. The highest BCUT2D eigenvalue weighted by molar-refractivity contribution is 8.00. The summed E-state index contributed by atoms with van der Waals surface area (Å²) >= 11 is 3.26. The molecule has 1 fully saturated rings. The molecule has 2 aromatic rings. The zero-order valence-electron chi connectivity index (χ0n) is 14.4. The van der Waals surface area contributed by atoms with E-state index in [1.54, 1.807) is 11.3 Å². The van der Waals surface area contributed by atoms with Gasteiger partial charge in [0.25, 0.3) is 0 Å². The normalized spacial score (nSPS) is 15.7. The third kappa shape index (κ3) is 4.39. The van der Waals surface area contributed by atoms with Crippen LogP contribution in [0.25, 0.3) is 0 Å². The Kier molecular flexibility index (Phi) is 5.61. The van der Waals surface area contributed by atoms with Crippen molar-refractivity contribution in [3.63, 3.8) is 0 Å². The van der Waals surface area contributed by atoms with E-state index >= 15 is 0 Å². The minimum absolute atomic E-state index is 0.0684. The maximum atomic E-state index is 12.2. The van der Waals surface area contributed by atoms with Crippen LogP contribution in [0.4, 0.5) is 0 Å². The SMILES string of the molecule is CC(C)CNC(=O)C(C)Sc1nnc(Cc2cccs2)n1C1CC1. The van der Waals surface area contributed by atoms with E-state index < -0.39 is 0 Å². The Labute approximate surface area is 151 Å². The van der Waals surface area contributed by atoms with Gasteiger partial charge in [-0.25, -0.2) is 0 Å². The molecule has 2 heterocycles. The Morgan fingerprint density at radius 1 is 1.42 bits per heavy atom. The molecule has 0 bridgehead atoms. The van der Waals surface area contributed by atoms with Gasteiger partial charge in [0.2, 0.25) is 5.91 Å². The highest BCUT2D eigenvalue weighted by Gasteiger charge is 2.31. The number of carbonyl (C=O) groups is 1. The Balaban J connectivity index is 1.69. The van der Waals surface area contributed by atoms with Crippen molar-refractivity contribution in [1.29, 1.82) is 0 Å². The third-order valence-electron chi connectivity index (χ3n) is 3.90. The maximum Gasteiger partial charge on any atom is 0.233 e. The first kappa shape index (κ1) is 17.5. The van der Waals surface area contributed by atoms with Crippen LogP contribution in [-0.4, -0.2) is 32.5 Å². The van der Waals surface area contributed by atoms with Crippen molar-refractivity contribution in [2.24, 2.45) is 5.92 Å². The summed E-state index contributed by atoms with van der Waals surface area (Å²) < 4.78 is 2.25. The fourth-order valence-electron chi connectivity index (χ4n) is 2.44. The van der Waals surface area contributed by atoms with Crippen molar-refractivity contribution in [3.05, 3.63) is 28.2 Å². The number of thiophene rings is 1.